The first kappa shape index (κ1) is 11.5. The highest BCUT2D eigenvalue weighted by molar-refractivity contribution is 5.25. The quantitative estimate of drug-likeness (QED) is 0.827. The molecule has 1 aromatic heterocycles. The fourth-order valence-corrected chi connectivity index (χ4v) is 2.55. The van der Waals surface area contributed by atoms with E-state index < -0.39 is 0 Å². The van der Waals surface area contributed by atoms with Crippen LogP contribution in [0.2, 0.25) is 0 Å². The standard InChI is InChI=1S/C13H21N3/c1-9-13(10(2)16-11(3)15-9)8-12-6-4-5-7-14-12/h12,14H,4-8H2,1-3H3. The van der Waals surface area contributed by atoms with E-state index in [1.165, 1.54) is 24.8 Å². The Kier molecular flexibility index (Phi) is 3.54. The number of aryl methyl sites for hydroxylation is 3. The van der Waals surface area contributed by atoms with Crippen molar-refractivity contribution in [3.05, 3.63) is 22.8 Å². The molecular weight excluding hydrogens is 198 g/mol. The first-order valence-corrected chi connectivity index (χ1v) is 6.21. The third-order valence-electron chi connectivity index (χ3n) is 3.40. The molecule has 0 radical (unpaired) electrons. The zero-order valence-electron chi connectivity index (χ0n) is 10.5. The predicted octanol–water partition coefficient (Wildman–Crippen LogP) is 2.09. The Bertz CT molecular complexity index is 344. The lowest BCUT2D eigenvalue weighted by Gasteiger charge is -2.24. The first-order valence-electron chi connectivity index (χ1n) is 6.21. The molecule has 3 nitrogen and oxygen atoms in total. The molecule has 1 N–H and O–H groups in total. The van der Waals surface area contributed by atoms with E-state index in [4.69, 9.17) is 0 Å². The summed E-state index contributed by atoms with van der Waals surface area (Å²) in [5, 5.41) is 3.58. The number of piperidine rings is 1. The van der Waals surface area contributed by atoms with Gasteiger partial charge in [-0.25, -0.2) is 9.97 Å². The maximum Gasteiger partial charge on any atom is 0.125 e. The molecule has 2 heterocycles. The zero-order valence-corrected chi connectivity index (χ0v) is 10.5. The van der Waals surface area contributed by atoms with Crippen molar-refractivity contribution in [3.63, 3.8) is 0 Å². The van der Waals surface area contributed by atoms with Crippen molar-refractivity contribution in [1.82, 2.24) is 15.3 Å². The van der Waals surface area contributed by atoms with E-state index in [0.29, 0.717) is 6.04 Å². The van der Waals surface area contributed by atoms with E-state index in [1.54, 1.807) is 0 Å². The van der Waals surface area contributed by atoms with Crippen molar-refractivity contribution in [3.8, 4) is 0 Å². The van der Waals surface area contributed by atoms with Gasteiger partial charge in [0.15, 0.2) is 0 Å². The van der Waals surface area contributed by atoms with Crippen LogP contribution in [0.1, 0.15) is 42.0 Å². The van der Waals surface area contributed by atoms with E-state index in [-0.39, 0.29) is 0 Å². The maximum absolute atomic E-state index is 4.46. The highest BCUT2D eigenvalue weighted by atomic mass is 14.9. The Morgan fingerprint density at radius 2 is 1.81 bits per heavy atom. The van der Waals surface area contributed by atoms with Gasteiger partial charge in [0.05, 0.1) is 0 Å². The molecule has 0 saturated carbocycles. The van der Waals surface area contributed by atoms with Crippen molar-refractivity contribution in [2.24, 2.45) is 0 Å². The molecule has 16 heavy (non-hydrogen) atoms. The highest BCUT2D eigenvalue weighted by Crippen LogP contribution is 2.17. The van der Waals surface area contributed by atoms with E-state index in [0.717, 1.165) is 30.2 Å². The van der Waals surface area contributed by atoms with Crippen molar-refractivity contribution in [2.75, 3.05) is 6.54 Å². The van der Waals surface area contributed by atoms with Crippen molar-refractivity contribution in [2.45, 2.75) is 52.5 Å². The lowest BCUT2D eigenvalue weighted by Crippen LogP contribution is -2.36. The Morgan fingerprint density at radius 3 is 2.38 bits per heavy atom. The minimum atomic E-state index is 0.623. The molecule has 2 rings (SSSR count). The summed E-state index contributed by atoms with van der Waals surface area (Å²) in [4.78, 5) is 8.92. The molecule has 3 heteroatoms. The van der Waals surface area contributed by atoms with Crippen LogP contribution in [0.4, 0.5) is 0 Å². The number of aromatic nitrogens is 2. The molecule has 88 valence electrons. The first-order chi connectivity index (χ1) is 7.66. The van der Waals surface area contributed by atoms with Crippen molar-refractivity contribution in [1.29, 1.82) is 0 Å². The highest BCUT2D eigenvalue weighted by Gasteiger charge is 2.16. The summed E-state index contributed by atoms with van der Waals surface area (Å²) in [5.41, 5.74) is 3.64. The number of nitrogens with zero attached hydrogens (tertiary/aromatic N) is 2. The molecule has 1 saturated heterocycles. The summed E-state index contributed by atoms with van der Waals surface area (Å²) in [6.45, 7) is 7.32. The Labute approximate surface area is 97.7 Å². The molecule has 1 aromatic rings. The Hall–Kier alpha value is -0.960. The van der Waals surface area contributed by atoms with Crippen LogP contribution in [0.25, 0.3) is 0 Å². The van der Waals surface area contributed by atoms with E-state index >= 15 is 0 Å². The van der Waals surface area contributed by atoms with Crippen LogP contribution in [-0.4, -0.2) is 22.6 Å². The van der Waals surface area contributed by atoms with Gasteiger partial charge in [-0.1, -0.05) is 6.42 Å². The second-order valence-electron chi connectivity index (χ2n) is 4.77. The number of hydrogen-bond acceptors (Lipinski definition) is 3. The summed E-state index contributed by atoms with van der Waals surface area (Å²) >= 11 is 0. The van der Waals surface area contributed by atoms with Gasteiger partial charge in [0.1, 0.15) is 5.82 Å². The summed E-state index contributed by atoms with van der Waals surface area (Å²) in [5.74, 6) is 0.885. The van der Waals surface area contributed by atoms with Gasteiger partial charge >= 0.3 is 0 Å². The molecule has 0 spiro atoms. The molecule has 1 aliphatic heterocycles. The molecular formula is C13H21N3. The Balaban J connectivity index is 2.14. The average Bonchev–Trinajstić information content (AvgIpc) is 2.25. The van der Waals surface area contributed by atoms with Gasteiger partial charge in [-0.15, -0.1) is 0 Å². The number of hydrogen-bond donors (Lipinski definition) is 1. The van der Waals surface area contributed by atoms with Crippen LogP contribution in [0.5, 0.6) is 0 Å². The van der Waals surface area contributed by atoms with Gasteiger partial charge in [-0.2, -0.15) is 0 Å². The molecule has 1 unspecified atom stereocenters. The van der Waals surface area contributed by atoms with Gasteiger partial charge in [0.25, 0.3) is 0 Å². The summed E-state index contributed by atoms with van der Waals surface area (Å²) in [7, 11) is 0. The average molecular weight is 219 g/mol. The Morgan fingerprint density at radius 1 is 1.12 bits per heavy atom. The summed E-state index contributed by atoms with van der Waals surface area (Å²) < 4.78 is 0. The van der Waals surface area contributed by atoms with Crippen LogP contribution < -0.4 is 5.32 Å². The molecule has 1 fully saturated rings. The molecule has 0 amide bonds. The molecule has 0 aliphatic carbocycles. The largest absolute Gasteiger partial charge is 0.314 e. The van der Waals surface area contributed by atoms with Gasteiger partial charge in [0, 0.05) is 17.4 Å². The molecule has 1 atom stereocenters. The van der Waals surface area contributed by atoms with Crippen LogP contribution in [0.3, 0.4) is 0 Å². The summed E-state index contributed by atoms with van der Waals surface area (Å²) in [6.07, 6.45) is 5.03. The second-order valence-corrected chi connectivity index (χ2v) is 4.77. The molecule has 1 aliphatic rings. The maximum atomic E-state index is 4.46. The monoisotopic (exact) mass is 219 g/mol. The van der Waals surface area contributed by atoms with Gasteiger partial charge in [-0.05, 0) is 52.1 Å². The van der Waals surface area contributed by atoms with Crippen molar-refractivity contribution < 1.29 is 0 Å². The lowest BCUT2D eigenvalue weighted by atomic mass is 9.96. The van der Waals surface area contributed by atoms with E-state index in [2.05, 4.69) is 29.1 Å². The topological polar surface area (TPSA) is 37.8 Å². The zero-order chi connectivity index (χ0) is 11.5. The molecule has 0 bridgehead atoms. The molecule has 0 aromatic carbocycles. The van der Waals surface area contributed by atoms with Crippen LogP contribution >= 0.6 is 0 Å². The summed E-state index contributed by atoms with van der Waals surface area (Å²) in [6, 6.07) is 0.623. The van der Waals surface area contributed by atoms with Gasteiger partial charge < -0.3 is 5.32 Å². The third-order valence-corrected chi connectivity index (χ3v) is 3.40. The number of nitrogens with one attached hydrogen (secondary N) is 1. The third kappa shape index (κ3) is 2.59. The van der Waals surface area contributed by atoms with Crippen LogP contribution in [0, 0.1) is 20.8 Å². The second kappa shape index (κ2) is 4.91. The van der Waals surface area contributed by atoms with Gasteiger partial charge in [-0.3, -0.25) is 0 Å². The van der Waals surface area contributed by atoms with Crippen LogP contribution in [-0.2, 0) is 6.42 Å². The fraction of sp³-hybridized carbons (Fsp3) is 0.692. The minimum Gasteiger partial charge on any atom is -0.314 e. The van der Waals surface area contributed by atoms with E-state index in [1.807, 2.05) is 6.92 Å². The normalized spacial score (nSPS) is 21.1. The van der Waals surface area contributed by atoms with Gasteiger partial charge in [0.2, 0.25) is 0 Å². The van der Waals surface area contributed by atoms with Crippen molar-refractivity contribution >= 4 is 0 Å². The smallest absolute Gasteiger partial charge is 0.125 e. The predicted molar refractivity (Wildman–Crippen MR) is 65.6 cm³/mol. The van der Waals surface area contributed by atoms with Crippen LogP contribution in [0.15, 0.2) is 0 Å². The SMILES string of the molecule is Cc1nc(C)c(CC2CCCCN2)c(C)n1. The number of rotatable bonds is 2. The minimum absolute atomic E-state index is 0.623. The fourth-order valence-electron chi connectivity index (χ4n) is 2.55. The van der Waals surface area contributed by atoms with E-state index in [9.17, 15) is 0 Å². The lowest BCUT2D eigenvalue weighted by molar-refractivity contribution is 0.397.